The maximum Gasteiger partial charge on any atom is 0.230 e. The summed E-state index contributed by atoms with van der Waals surface area (Å²) >= 11 is 5.85. The number of halogens is 2. The first-order chi connectivity index (χ1) is 14.5. The lowest BCUT2D eigenvalue weighted by atomic mass is 9.72. The van der Waals surface area contributed by atoms with E-state index in [4.69, 9.17) is 11.6 Å². The number of nitrogens with one attached hydrogen (secondary N) is 3. The van der Waals surface area contributed by atoms with Crippen LogP contribution in [0.2, 0.25) is 5.02 Å². The Morgan fingerprint density at radius 2 is 2.10 bits per heavy atom. The molecule has 160 valence electrons. The zero-order valence-electron chi connectivity index (χ0n) is 17.1. The number of aromatic nitrogens is 2. The number of hydrogen-bond acceptors (Lipinski definition) is 5. The van der Waals surface area contributed by atoms with Crippen LogP contribution in [0.4, 0.5) is 10.2 Å². The van der Waals surface area contributed by atoms with Crippen molar-refractivity contribution in [3.63, 3.8) is 0 Å². The summed E-state index contributed by atoms with van der Waals surface area (Å²) in [4.78, 5) is 22.0. The van der Waals surface area contributed by atoms with Gasteiger partial charge in [0.1, 0.15) is 18.0 Å². The fourth-order valence-electron chi connectivity index (χ4n) is 4.61. The zero-order chi connectivity index (χ0) is 21.1. The van der Waals surface area contributed by atoms with Crippen molar-refractivity contribution >= 4 is 23.3 Å². The molecule has 1 aromatic carbocycles. The number of benzene rings is 1. The van der Waals surface area contributed by atoms with Crippen LogP contribution in [0.15, 0.2) is 24.5 Å². The van der Waals surface area contributed by atoms with E-state index in [-0.39, 0.29) is 10.9 Å². The molecule has 8 heteroatoms. The summed E-state index contributed by atoms with van der Waals surface area (Å²) < 4.78 is 14.1. The third-order valence-electron chi connectivity index (χ3n) is 6.34. The van der Waals surface area contributed by atoms with Gasteiger partial charge in [0.05, 0.1) is 10.4 Å². The standard InChI is InChI=1S/C22H27ClFN5O/c1-14-2-5-18-19(14)20(29-13-28-18)26-10-11-27-21(30)22(6-8-25-9-7-22)15-3-4-16(23)17(24)12-15/h3-4,12-14,25H,2,5-11H2,1H3,(H,27,30)(H,26,28,29)/t14-/m1/s1. The van der Waals surface area contributed by atoms with Gasteiger partial charge in [0.15, 0.2) is 0 Å². The first-order valence-electron chi connectivity index (χ1n) is 10.5. The van der Waals surface area contributed by atoms with Crippen LogP contribution in [-0.2, 0) is 16.6 Å². The van der Waals surface area contributed by atoms with Crippen molar-refractivity contribution in [3.8, 4) is 0 Å². The van der Waals surface area contributed by atoms with Crippen molar-refractivity contribution in [2.24, 2.45) is 0 Å². The number of piperidine rings is 1. The summed E-state index contributed by atoms with van der Waals surface area (Å²) in [6.45, 7) is 4.62. The Balaban J connectivity index is 1.42. The van der Waals surface area contributed by atoms with Crippen molar-refractivity contribution in [1.29, 1.82) is 0 Å². The molecule has 2 aromatic rings. The molecule has 2 aliphatic rings. The molecule has 30 heavy (non-hydrogen) atoms. The Morgan fingerprint density at radius 3 is 2.87 bits per heavy atom. The second-order valence-electron chi connectivity index (χ2n) is 8.17. The lowest BCUT2D eigenvalue weighted by Crippen LogP contribution is -2.51. The molecular formula is C22H27ClFN5O. The second-order valence-corrected chi connectivity index (χ2v) is 8.57. The Morgan fingerprint density at radius 1 is 1.30 bits per heavy atom. The van der Waals surface area contributed by atoms with Gasteiger partial charge in [-0.1, -0.05) is 24.6 Å². The van der Waals surface area contributed by atoms with E-state index in [2.05, 4.69) is 32.8 Å². The predicted molar refractivity (Wildman–Crippen MR) is 115 cm³/mol. The van der Waals surface area contributed by atoms with E-state index >= 15 is 0 Å². The van der Waals surface area contributed by atoms with Crippen molar-refractivity contribution in [3.05, 3.63) is 52.2 Å². The third-order valence-corrected chi connectivity index (χ3v) is 6.65. The monoisotopic (exact) mass is 431 g/mol. The predicted octanol–water partition coefficient (Wildman–Crippen LogP) is 3.17. The van der Waals surface area contributed by atoms with Gasteiger partial charge >= 0.3 is 0 Å². The van der Waals surface area contributed by atoms with E-state index in [1.165, 1.54) is 17.7 Å². The summed E-state index contributed by atoms with van der Waals surface area (Å²) in [7, 11) is 0. The Labute approximate surface area is 181 Å². The van der Waals surface area contributed by atoms with Crippen LogP contribution in [0.1, 0.15) is 48.9 Å². The average Bonchev–Trinajstić information content (AvgIpc) is 3.15. The molecule has 0 unspecified atom stereocenters. The Hall–Kier alpha value is -2.25. The van der Waals surface area contributed by atoms with Gasteiger partial charge in [0.2, 0.25) is 5.91 Å². The lowest BCUT2D eigenvalue weighted by Gasteiger charge is -2.37. The number of nitrogens with zero attached hydrogens (tertiary/aromatic N) is 2. The molecule has 2 heterocycles. The van der Waals surface area contributed by atoms with Gasteiger partial charge in [-0.3, -0.25) is 4.79 Å². The number of amides is 1. The maximum absolute atomic E-state index is 14.1. The van der Waals surface area contributed by atoms with E-state index < -0.39 is 11.2 Å². The fraction of sp³-hybridized carbons (Fsp3) is 0.500. The Bertz CT molecular complexity index is 932. The minimum atomic E-state index is -0.749. The first kappa shape index (κ1) is 21.0. The number of anilines is 1. The average molecular weight is 432 g/mol. The van der Waals surface area contributed by atoms with Crippen molar-refractivity contribution in [2.45, 2.75) is 43.9 Å². The molecule has 1 aliphatic heterocycles. The third kappa shape index (κ3) is 4.01. The minimum absolute atomic E-state index is 0.0686. The Kier molecular flexibility index (Phi) is 6.20. The second kappa shape index (κ2) is 8.86. The minimum Gasteiger partial charge on any atom is -0.368 e. The van der Waals surface area contributed by atoms with E-state index in [0.29, 0.717) is 50.5 Å². The van der Waals surface area contributed by atoms with Crippen LogP contribution in [0.5, 0.6) is 0 Å². The highest BCUT2D eigenvalue weighted by Crippen LogP contribution is 2.36. The van der Waals surface area contributed by atoms with Crippen molar-refractivity contribution < 1.29 is 9.18 Å². The highest BCUT2D eigenvalue weighted by molar-refractivity contribution is 6.30. The van der Waals surface area contributed by atoms with Gasteiger partial charge in [0, 0.05) is 24.3 Å². The normalized spacial score (nSPS) is 19.9. The molecule has 1 amide bonds. The molecule has 0 radical (unpaired) electrons. The van der Waals surface area contributed by atoms with Crippen molar-refractivity contribution in [2.75, 3.05) is 31.5 Å². The fourth-order valence-corrected chi connectivity index (χ4v) is 4.73. The van der Waals surface area contributed by atoms with Crippen LogP contribution < -0.4 is 16.0 Å². The van der Waals surface area contributed by atoms with Crippen molar-refractivity contribution in [1.82, 2.24) is 20.6 Å². The largest absolute Gasteiger partial charge is 0.368 e. The molecular weight excluding hydrogens is 405 g/mol. The van der Waals surface area contributed by atoms with E-state index in [1.54, 1.807) is 12.4 Å². The summed E-state index contributed by atoms with van der Waals surface area (Å²) in [5.74, 6) is 0.730. The van der Waals surface area contributed by atoms with E-state index in [9.17, 15) is 9.18 Å². The molecule has 0 bridgehead atoms. The van der Waals surface area contributed by atoms with Crippen LogP contribution in [0, 0.1) is 5.82 Å². The lowest BCUT2D eigenvalue weighted by molar-refractivity contribution is -0.127. The van der Waals surface area contributed by atoms with Gasteiger partial charge in [0.25, 0.3) is 0 Å². The maximum atomic E-state index is 14.1. The van der Waals surface area contributed by atoms with Gasteiger partial charge in [-0.2, -0.15) is 0 Å². The number of hydrogen-bond donors (Lipinski definition) is 3. The first-order valence-corrected chi connectivity index (χ1v) is 10.9. The molecule has 0 spiro atoms. The molecule has 4 rings (SSSR count). The summed E-state index contributed by atoms with van der Waals surface area (Å²) in [6, 6.07) is 4.69. The van der Waals surface area contributed by atoms with Gasteiger partial charge in [-0.25, -0.2) is 14.4 Å². The van der Waals surface area contributed by atoms with Crippen LogP contribution >= 0.6 is 11.6 Å². The number of aryl methyl sites for hydroxylation is 1. The topological polar surface area (TPSA) is 78.9 Å². The number of fused-ring (bicyclic) bond motifs is 1. The molecule has 3 N–H and O–H groups in total. The molecule has 1 saturated heterocycles. The molecule has 1 aromatic heterocycles. The van der Waals surface area contributed by atoms with Gasteiger partial charge in [-0.15, -0.1) is 0 Å². The van der Waals surface area contributed by atoms with Gasteiger partial charge in [-0.05, 0) is 62.4 Å². The molecule has 6 nitrogen and oxygen atoms in total. The number of carbonyl (C=O) groups excluding carboxylic acids is 1. The number of carbonyl (C=O) groups is 1. The molecule has 0 saturated carbocycles. The quantitative estimate of drug-likeness (QED) is 0.612. The van der Waals surface area contributed by atoms with Crippen LogP contribution in [-0.4, -0.2) is 42.1 Å². The summed E-state index contributed by atoms with van der Waals surface area (Å²) in [5.41, 5.74) is 2.23. The molecule has 1 aliphatic carbocycles. The summed E-state index contributed by atoms with van der Waals surface area (Å²) in [5, 5.41) is 9.74. The molecule has 1 atom stereocenters. The van der Waals surface area contributed by atoms with E-state index in [1.807, 2.05) is 0 Å². The smallest absolute Gasteiger partial charge is 0.230 e. The van der Waals surface area contributed by atoms with Gasteiger partial charge < -0.3 is 16.0 Å². The zero-order valence-corrected chi connectivity index (χ0v) is 17.9. The van der Waals surface area contributed by atoms with Crippen LogP contribution in [0.3, 0.4) is 0 Å². The van der Waals surface area contributed by atoms with Crippen LogP contribution in [0.25, 0.3) is 0 Å². The summed E-state index contributed by atoms with van der Waals surface area (Å²) in [6.07, 6.45) is 4.90. The SMILES string of the molecule is C[C@@H]1CCc2ncnc(NCCNC(=O)C3(c4ccc(Cl)c(F)c4)CCNCC3)c21. The highest BCUT2D eigenvalue weighted by Gasteiger charge is 2.41. The number of rotatable bonds is 6. The molecule has 1 fully saturated rings. The van der Waals surface area contributed by atoms with E-state index in [0.717, 1.165) is 24.4 Å². The highest BCUT2D eigenvalue weighted by atomic mass is 35.5.